The second kappa shape index (κ2) is 3.43. The van der Waals surface area contributed by atoms with Crippen molar-refractivity contribution in [3.05, 3.63) is 38.9 Å². The van der Waals surface area contributed by atoms with Crippen LogP contribution in [0.2, 0.25) is 10.0 Å². The number of rotatable bonds is 1. The highest BCUT2D eigenvalue weighted by Crippen LogP contribution is 2.15. The average molecular weight is 231 g/mol. The first kappa shape index (κ1) is 9.23. The molecule has 0 aromatic carbocycles. The van der Waals surface area contributed by atoms with Crippen LogP contribution in [-0.2, 0) is 0 Å². The average Bonchev–Trinajstić information content (AvgIpc) is 2.67. The third-order valence-corrected chi connectivity index (χ3v) is 2.34. The Labute approximate surface area is 88.3 Å². The maximum Gasteiger partial charge on any atom is 0.293 e. The summed E-state index contributed by atoms with van der Waals surface area (Å²) in [7, 11) is 0. The summed E-state index contributed by atoms with van der Waals surface area (Å²) in [5.74, 6) is 0.438. The Morgan fingerprint density at radius 1 is 1.43 bits per heavy atom. The zero-order valence-corrected chi connectivity index (χ0v) is 8.25. The summed E-state index contributed by atoms with van der Waals surface area (Å²) < 4.78 is 1.08. The molecule has 2 heterocycles. The molecule has 0 unspecified atom stereocenters. The van der Waals surface area contributed by atoms with Crippen molar-refractivity contribution in [1.29, 1.82) is 0 Å². The van der Waals surface area contributed by atoms with E-state index in [-0.39, 0.29) is 10.0 Å². The van der Waals surface area contributed by atoms with Crippen molar-refractivity contribution in [2.75, 3.05) is 0 Å². The molecular formula is C7H4Cl2N4O. The Morgan fingerprint density at radius 2 is 2.21 bits per heavy atom. The SMILES string of the molecule is O=c1c(Cl)c(Cl)cnn1-c1ccn[nH]1. The largest absolute Gasteiger partial charge is 0.293 e. The maximum atomic E-state index is 11.5. The number of aromatic amines is 1. The normalized spacial score (nSPS) is 10.4. The van der Waals surface area contributed by atoms with E-state index < -0.39 is 5.56 Å². The van der Waals surface area contributed by atoms with Gasteiger partial charge in [0.15, 0.2) is 5.82 Å². The van der Waals surface area contributed by atoms with Crippen molar-refractivity contribution in [3.8, 4) is 5.82 Å². The van der Waals surface area contributed by atoms with Crippen molar-refractivity contribution in [3.63, 3.8) is 0 Å². The molecule has 72 valence electrons. The Kier molecular flexibility index (Phi) is 2.26. The van der Waals surface area contributed by atoms with E-state index in [0.717, 1.165) is 4.68 Å². The van der Waals surface area contributed by atoms with Gasteiger partial charge in [-0.15, -0.1) is 0 Å². The fourth-order valence-electron chi connectivity index (χ4n) is 0.951. The van der Waals surface area contributed by atoms with Gasteiger partial charge in [0.2, 0.25) is 0 Å². The number of H-pyrrole nitrogens is 1. The van der Waals surface area contributed by atoms with Crippen LogP contribution in [0.3, 0.4) is 0 Å². The quantitative estimate of drug-likeness (QED) is 0.803. The fourth-order valence-corrected chi connectivity index (χ4v) is 1.20. The van der Waals surface area contributed by atoms with Gasteiger partial charge in [-0.3, -0.25) is 9.89 Å². The highest BCUT2D eigenvalue weighted by molar-refractivity contribution is 6.41. The van der Waals surface area contributed by atoms with Crippen LogP contribution in [0.4, 0.5) is 0 Å². The van der Waals surface area contributed by atoms with Crippen LogP contribution in [0, 0.1) is 0 Å². The number of nitrogens with one attached hydrogen (secondary N) is 1. The van der Waals surface area contributed by atoms with Crippen molar-refractivity contribution in [1.82, 2.24) is 20.0 Å². The molecule has 0 bridgehead atoms. The Balaban J connectivity index is 2.68. The predicted octanol–water partition coefficient (Wildman–Crippen LogP) is 1.26. The van der Waals surface area contributed by atoms with E-state index in [9.17, 15) is 4.79 Å². The standard InChI is InChI=1S/C7H4Cl2N4O/c8-4-3-11-13(7(14)6(4)9)5-1-2-10-12-5/h1-3H,(H,10,12). The first-order valence-corrected chi connectivity index (χ1v) is 4.39. The minimum Gasteiger partial charge on any atom is -0.266 e. The van der Waals surface area contributed by atoms with E-state index in [2.05, 4.69) is 15.3 Å². The molecule has 14 heavy (non-hydrogen) atoms. The van der Waals surface area contributed by atoms with E-state index in [1.54, 1.807) is 6.07 Å². The number of nitrogens with zero attached hydrogens (tertiary/aromatic N) is 3. The van der Waals surface area contributed by atoms with Gasteiger partial charge < -0.3 is 0 Å². The van der Waals surface area contributed by atoms with Gasteiger partial charge in [-0.1, -0.05) is 23.2 Å². The lowest BCUT2D eigenvalue weighted by Crippen LogP contribution is -2.21. The number of hydrogen-bond acceptors (Lipinski definition) is 3. The summed E-state index contributed by atoms with van der Waals surface area (Å²) in [6.07, 6.45) is 2.80. The van der Waals surface area contributed by atoms with Crippen molar-refractivity contribution >= 4 is 23.2 Å². The van der Waals surface area contributed by atoms with E-state index in [4.69, 9.17) is 23.2 Å². The molecule has 0 saturated carbocycles. The molecule has 7 heteroatoms. The Morgan fingerprint density at radius 3 is 2.86 bits per heavy atom. The number of hydrogen-bond donors (Lipinski definition) is 1. The molecule has 0 spiro atoms. The van der Waals surface area contributed by atoms with Crippen LogP contribution >= 0.6 is 23.2 Å². The van der Waals surface area contributed by atoms with Gasteiger partial charge in [-0.25, -0.2) is 0 Å². The summed E-state index contributed by atoms with van der Waals surface area (Å²) in [6.45, 7) is 0. The van der Waals surface area contributed by atoms with E-state index in [0.29, 0.717) is 5.82 Å². The third kappa shape index (κ3) is 1.40. The van der Waals surface area contributed by atoms with E-state index >= 15 is 0 Å². The predicted molar refractivity (Wildman–Crippen MR) is 52.0 cm³/mol. The summed E-state index contributed by atoms with van der Waals surface area (Å²) in [6, 6.07) is 1.60. The van der Waals surface area contributed by atoms with Crippen LogP contribution in [-0.4, -0.2) is 20.0 Å². The summed E-state index contributed by atoms with van der Waals surface area (Å²) in [5.41, 5.74) is -0.483. The molecule has 2 aromatic heterocycles. The third-order valence-electron chi connectivity index (χ3n) is 1.59. The van der Waals surface area contributed by atoms with Gasteiger partial charge in [0.25, 0.3) is 5.56 Å². The zero-order valence-electron chi connectivity index (χ0n) is 6.74. The first-order chi connectivity index (χ1) is 6.70. The second-order valence-corrected chi connectivity index (χ2v) is 3.25. The second-order valence-electron chi connectivity index (χ2n) is 2.47. The van der Waals surface area contributed by atoms with E-state index in [1.165, 1.54) is 12.4 Å². The lowest BCUT2D eigenvalue weighted by molar-refractivity contribution is 0.775. The maximum absolute atomic E-state index is 11.5. The van der Waals surface area contributed by atoms with Gasteiger partial charge >= 0.3 is 0 Å². The van der Waals surface area contributed by atoms with Crippen LogP contribution < -0.4 is 5.56 Å². The molecule has 5 nitrogen and oxygen atoms in total. The molecule has 0 saturated heterocycles. The summed E-state index contributed by atoms with van der Waals surface area (Å²) in [4.78, 5) is 11.5. The summed E-state index contributed by atoms with van der Waals surface area (Å²) in [5, 5.41) is 10.2. The van der Waals surface area contributed by atoms with Crippen LogP contribution in [0.5, 0.6) is 0 Å². The van der Waals surface area contributed by atoms with Crippen LogP contribution in [0.15, 0.2) is 23.3 Å². The van der Waals surface area contributed by atoms with Crippen molar-refractivity contribution in [2.24, 2.45) is 0 Å². The topological polar surface area (TPSA) is 63.6 Å². The van der Waals surface area contributed by atoms with Gasteiger partial charge in [-0.2, -0.15) is 14.9 Å². The van der Waals surface area contributed by atoms with Gasteiger partial charge in [-0.05, 0) is 0 Å². The molecule has 0 aliphatic heterocycles. The lowest BCUT2D eigenvalue weighted by atomic mass is 10.5. The Hall–Kier alpha value is -1.33. The minimum absolute atomic E-state index is 0.0590. The number of halogens is 2. The van der Waals surface area contributed by atoms with E-state index in [1.807, 2.05) is 0 Å². The zero-order chi connectivity index (χ0) is 10.1. The first-order valence-electron chi connectivity index (χ1n) is 3.63. The smallest absolute Gasteiger partial charge is 0.266 e. The minimum atomic E-state index is -0.483. The summed E-state index contributed by atoms with van der Waals surface area (Å²) >= 11 is 11.3. The Bertz CT molecular complexity index is 505. The fraction of sp³-hybridized carbons (Fsp3) is 0. The molecular weight excluding hydrogens is 227 g/mol. The van der Waals surface area contributed by atoms with Gasteiger partial charge in [0.1, 0.15) is 5.02 Å². The molecule has 0 radical (unpaired) electrons. The molecule has 0 aliphatic carbocycles. The lowest BCUT2D eigenvalue weighted by Gasteiger charge is -2.00. The molecule has 1 N–H and O–H groups in total. The van der Waals surface area contributed by atoms with Crippen LogP contribution in [0.25, 0.3) is 5.82 Å². The van der Waals surface area contributed by atoms with Crippen molar-refractivity contribution in [2.45, 2.75) is 0 Å². The molecule has 0 atom stereocenters. The highest BCUT2D eigenvalue weighted by atomic mass is 35.5. The number of aromatic nitrogens is 4. The van der Waals surface area contributed by atoms with Crippen LogP contribution in [0.1, 0.15) is 0 Å². The molecule has 0 amide bonds. The molecule has 0 fully saturated rings. The monoisotopic (exact) mass is 230 g/mol. The van der Waals surface area contributed by atoms with Gasteiger partial charge in [0.05, 0.1) is 17.4 Å². The van der Waals surface area contributed by atoms with Gasteiger partial charge in [0, 0.05) is 6.07 Å². The molecule has 2 rings (SSSR count). The van der Waals surface area contributed by atoms with Crippen molar-refractivity contribution < 1.29 is 0 Å². The molecule has 2 aromatic rings. The molecule has 0 aliphatic rings. The highest BCUT2D eigenvalue weighted by Gasteiger charge is 2.08.